The minimum Gasteiger partial charge on any atom is -0.356 e. The van der Waals surface area contributed by atoms with Crippen molar-refractivity contribution in [3.63, 3.8) is 0 Å². The van der Waals surface area contributed by atoms with Crippen LogP contribution >= 0.6 is 0 Å². The van der Waals surface area contributed by atoms with Gasteiger partial charge in [0.2, 0.25) is 5.91 Å². The maximum Gasteiger partial charge on any atom is 0.224 e. The van der Waals surface area contributed by atoms with E-state index in [1.54, 1.807) is 0 Å². The van der Waals surface area contributed by atoms with Gasteiger partial charge < -0.3 is 10.6 Å². The second-order valence-corrected chi connectivity index (χ2v) is 4.82. The Kier molecular flexibility index (Phi) is 4.85. The molecule has 0 atom stereocenters. The number of amides is 1. The molecule has 0 spiro atoms. The van der Waals surface area contributed by atoms with Gasteiger partial charge in [-0.3, -0.25) is 4.79 Å². The topological polar surface area (TPSA) is 41.1 Å². The Bertz CT molecular complexity index is 447. The van der Waals surface area contributed by atoms with E-state index >= 15 is 0 Å². The normalized spacial score (nSPS) is 14.4. The molecule has 0 heterocycles. The van der Waals surface area contributed by atoms with Gasteiger partial charge in [0.1, 0.15) is 0 Å². The monoisotopic (exact) mass is 268 g/mol. The summed E-state index contributed by atoms with van der Waals surface area (Å²) in [5.74, 6) is -2.14. The Morgan fingerprint density at radius 3 is 2.79 bits per heavy atom. The fraction of sp³-hybridized carbons (Fsp3) is 0.500. The third-order valence-electron chi connectivity index (χ3n) is 3.07. The van der Waals surface area contributed by atoms with E-state index in [4.69, 9.17) is 0 Å². The Labute approximate surface area is 111 Å². The fourth-order valence-corrected chi connectivity index (χ4v) is 1.83. The molecule has 1 aromatic carbocycles. The number of rotatable bonds is 7. The van der Waals surface area contributed by atoms with Gasteiger partial charge in [-0.25, -0.2) is 8.78 Å². The van der Waals surface area contributed by atoms with Crippen molar-refractivity contribution in [2.75, 3.05) is 13.1 Å². The number of nitrogens with one attached hydrogen (secondary N) is 2. The third kappa shape index (κ3) is 4.59. The predicted octanol–water partition coefficient (Wildman–Crippen LogP) is 1.77. The largest absolute Gasteiger partial charge is 0.356 e. The zero-order valence-electron chi connectivity index (χ0n) is 10.7. The van der Waals surface area contributed by atoms with Gasteiger partial charge in [-0.05, 0) is 31.9 Å². The van der Waals surface area contributed by atoms with Crippen LogP contribution in [-0.4, -0.2) is 25.0 Å². The summed E-state index contributed by atoms with van der Waals surface area (Å²) in [6.07, 6.45) is 3.20. The van der Waals surface area contributed by atoms with Gasteiger partial charge in [0, 0.05) is 18.2 Å². The molecule has 1 aromatic rings. The van der Waals surface area contributed by atoms with Crippen LogP contribution in [0.3, 0.4) is 0 Å². The molecule has 1 aliphatic carbocycles. The maximum atomic E-state index is 13.3. The average molecular weight is 268 g/mol. The highest BCUT2D eigenvalue weighted by Crippen LogP contribution is 2.18. The van der Waals surface area contributed by atoms with Crippen molar-refractivity contribution in [1.82, 2.24) is 10.6 Å². The number of hydrogen-bond acceptors (Lipinski definition) is 2. The van der Waals surface area contributed by atoms with Crippen LogP contribution in [0.5, 0.6) is 0 Å². The molecule has 1 saturated carbocycles. The SMILES string of the molecule is O=C(Cc1cccc(F)c1F)NCCCNC1CC1. The zero-order valence-corrected chi connectivity index (χ0v) is 10.7. The van der Waals surface area contributed by atoms with Crippen molar-refractivity contribution in [3.8, 4) is 0 Å². The standard InChI is InChI=1S/C14H18F2N2O/c15-12-4-1-3-10(14(12)16)9-13(19)18-8-2-7-17-11-5-6-11/h1,3-4,11,17H,2,5-9H2,(H,18,19). The molecule has 3 nitrogen and oxygen atoms in total. The third-order valence-corrected chi connectivity index (χ3v) is 3.07. The van der Waals surface area contributed by atoms with Gasteiger partial charge in [0.25, 0.3) is 0 Å². The maximum absolute atomic E-state index is 13.3. The van der Waals surface area contributed by atoms with Crippen molar-refractivity contribution in [3.05, 3.63) is 35.4 Å². The van der Waals surface area contributed by atoms with E-state index in [1.165, 1.54) is 25.0 Å². The van der Waals surface area contributed by atoms with Crippen LogP contribution in [-0.2, 0) is 11.2 Å². The number of hydrogen-bond donors (Lipinski definition) is 2. The molecule has 2 N–H and O–H groups in total. The van der Waals surface area contributed by atoms with Gasteiger partial charge in [-0.15, -0.1) is 0 Å². The van der Waals surface area contributed by atoms with Crippen LogP contribution in [0.1, 0.15) is 24.8 Å². The first-order chi connectivity index (χ1) is 9.16. The molecule has 0 bridgehead atoms. The van der Waals surface area contributed by atoms with Crippen LogP contribution in [0, 0.1) is 11.6 Å². The van der Waals surface area contributed by atoms with Crippen LogP contribution in [0.15, 0.2) is 18.2 Å². The highest BCUT2D eigenvalue weighted by molar-refractivity contribution is 5.78. The van der Waals surface area contributed by atoms with E-state index in [1.807, 2.05) is 0 Å². The lowest BCUT2D eigenvalue weighted by molar-refractivity contribution is -0.120. The molecule has 1 fully saturated rings. The number of carbonyl (C=O) groups excluding carboxylic acids is 1. The van der Waals surface area contributed by atoms with Gasteiger partial charge in [0.05, 0.1) is 6.42 Å². The minimum atomic E-state index is -0.937. The highest BCUT2D eigenvalue weighted by atomic mass is 19.2. The zero-order chi connectivity index (χ0) is 13.7. The summed E-state index contributed by atoms with van der Waals surface area (Å²) in [6, 6.07) is 4.53. The molecule has 0 radical (unpaired) electrons. The molecule has 0 aliphatic heterocycles. The summed E-state index contributed by atoms with van der Waals surface area (Å²) in [5, 5.41) is 6.04. The smallest absolute Gasteiger partial charge is 0.224 e. The molecule has 0 aromatic heterocycles. The molecule has 5 heteroatoms. The van der Waals surface area contributed by atoms with Gasteiger partial charge in [0.15, 0.2) is 11.6 Å². The fourth-order valence-electron chi connectivity index (χ4n) is 1.83. The summed E-state index contributed by atoms with van der Waals surface area (Å²) in [4.78, 5) is 11.6. The van der Waals surface area contributed by atoms with Crippen molar-refractivity contribution in [1.29, 1.82) is 0 Å². The highest BCUT2D eigenvalue weighted by Gasteiger charge is 2.19. The molecule has 0 unspecified atom stereocenters. The minimum absolute atomic E-state index is 0.0913. The van der Waals surface area contributed by atoms with Crippen LogP contribution in [0.2, 0.25) is 0 Å². The summed E-state index contributed by atoms with van der Waals surface area (Å²) in [5.41, 5.74) is 0.0913. The first-order valence-corrected chi connectivity index (χ1v) is 6.60. The molecule has 0 saturated heterocycles. The second-order valence-electron chi connectivity index (χ2n) is 4.82. The van der Waals surface area contributed by atoms with Crippen LogP contribution < -0.4 is 10.6 Å². The molecular weight excluding hydrogens is 250 g/mol. The number of benzene rings is 1. The molecule has 1 aliphatic rings. The quantitative estimate of drug-likeness (QED) is 0.740. The second kappa shape index (κ2) is 6.61. The Morgan fingerprint density at radius 1 is 1.26 bits per heavy atom. The van der Waals surface area contributed by atoms with E-state index in [-0.39, 0.29) is 17.9 Å². The number of carbonyl (C=O) groups is 1. The summed E-state index contributed by atoms with van der Waals surface area (Å²) < 4.78 is 26.3. The molecular formula is C14H18F2N2O. The Morgan fingerprint density at radius 2 is 2.05 bits per heavy atom. The van der Waals surface area contributed by atoms with E-state index in [0.29, 0.717) is 12.6 Å². The first-order valence-electron chi connectivity index (χ1n) is 6.60. The van der Waals surface area contributed by atoms with Crippen LogP contribution in [0.25, 0.3) is 0 Å². The van der Waals surface area contributed by atoms with E-state index in [2.05, 4.69) is 10.6 Å². The molecule has 1 amide bonds. The van der Waals surface area contributed by atoms with Crippen molar-refractivity contribution in [2.45, 2.75) is 31.7 Å². The summed E-state index contributed by atoms with van der Waals surface area (Å²) in [7, 11) is 0. The summed E-state index contributed by atoms with van der Waals surface area (Å²) >= 11 is 0. The molecule has 19 heavy (non-hydrogen) atoms. The van der Waals surface area contributed by atoms with Crippen molar-refractivity contribution in [2.24, 2.45) is 0 Å². The Hall–Kier alpha value is -1.49. The molecule has 2 rings (SSSR count). The lowest BCUT2D eigenvalue weighted by atomic mass is 10.1. The molecule has 104 valence electrons. The Balaban J connectivity index is 1.66. The van der Waals surface area contributed by atoms with Gasteiger partial charge in [-0.1, -0.05) is 12.1 Å². The lowest BCUT2D eigenvalue weighted by Crippen LogP contribution is -2.29. The summed E-state index contributed by atoms with van der Waals surface area (Å²) in [6.45, 7) is 1.43. The first kappa shape index (κ1) is 13.9. The van der Waals surface area contributed by atoms with Crippen molar-refractivity contribution >= 4 is 5.91 Å². The lowest BCUT2D eigenvalue weighted by Gasteiger charge is -2.07. The predicted molar refractivity (Wildman–Crippen MR) is 68.7 cm³/mol. The average Bonchev–Trinajstić information content (AvgIpc) is 3.19. The van der Waals surface area contributed by atoms with Crippen LogP contribution in [0.4, 0.5) is 8.78 Å². The van der Waals surface area contributed by atoms with E-state index < -0.39 is 11.6 Å². The van der Waals surface area contributed by atoms with E-state index in [9.17, 15) is 13.6 Å². The van der Waals surface area contributed by atoms with Gasteiger partial charge in [-0.2, -0.15) is 0 Å². The van der Waals surface area contributed by atoms with Gasteiger partial charge >= 0.3 is 0 Å². The van der Waals surface area contributed by atoms with E-state index in [0.717, 1.165) is 19.0 Å². The number of halogens is 2. The van der Waals surface area contributed by atoms with Crippen molar-refractivity contribution < 1.29 is 13.6 Å².